The van der Waals surface area contributed by atoms with Gasteiger partial charge in [-0.15, -0.1) is 0 Å². The van der Waals surface area contributed by atoms with E-state index >= 15 is 0 Å². The molecule has 0 aromatic carbocycles. The number of carbonyl (C=O) groups is 1. The smallest absolute Gasteiger partial charge is 0.251 e. The number of nitrogens with one attached hydrogen (secondary N) is 1. The van der Waals surface area contributed by atoms with E-state index in [1.54, 1.807) is 0 Å². The Hall–Kier alpha value is -1.34. The Morgan fingerprint density at radius 3 is 2.48 bits per heavy atom. The van der Waals surface area contributed by atoms with Gasteiger partial charge in [0.2, 0.25) is 0 Å². The van der Waals surface area contributed by atoms with Crippen LogP contribution in [0.4, 0.5) is 0 Å². The van der Waals surface area contributed by atoms with Crippen LogP contribution in [0.1, 0.15) is 39.5 Å². The molecule has 7 nitrogen and oxygen atoms in total. The second-order valence-corrected chi connectivity index (χ2v) is 8.34. The highest BCUT2D eigenvalue weighted by Crippen LogP contribution is 2.18. The molecule has 0 spiro atoms. The highest BCUT2D eigenvalue weighted by Gasteiger charge is 2.31. The fraction of sp³-hybridized carbons (Fsp3) is 0.900. The molecule has 27 heavy (non-hydrogen) atoms. The molecular formula is C20H37N5O2. The molecular weight excluding hydrogens is 342 g/mol. The van der Waals surface area contributed by atoms with Gasteiger partial charge in [0.05, 0.1) is 0 Å². The van der Waals surface area contributed by atoms with Gasteiger partial charge in [-0.2, -0.15) is 0 Å². The van der Waals surface area contributed by atoms with Crippen molar-refractivity contribution in [2.45, 2.75) is 51.7 Å². The van der Waals surface area contributed by atoms with Gasteiger partial charge >= 0.3 is 0 Å². The van der Waals surface area contributed by atoms with E-state index in [0.29, 0.717) is 12.0 Å². The molecule has 3 heterocycles. The van der Waals surface area contributed by atoms with E-state index in [-0.39, 0.29) is 12.0 Å². The molecule has 7 heteroatoms. The summed E-state index contributed by atoms with van der Waals surface area (Å²) in [5, 5.41) is 3.59. The van der Waals surface area contributed by atoms with Gasteiger partial charge in [-0.05, 0) is 52.0 Å². The number of hydrogen-bond acceptors (Lipinski definition) is 4. The van der Waals surface area contributed by atoms with E-state index in [1.165, 1.54) is 25.9 Å². The highest BCUT2D eigenvalue weighted by atomic mass is 16.5. The molecule has 3 aliphatic heterocycles. The Labute approximate surface area is 164 Å². The molecule has 2 unspecified atom stereocenters. The lowest BCUT2D eigenvalue weighted by Crippen LogP contribution is -2.56. The van der Waals surface area contributed by atoms with Gasteiger partial charge in [0.15, 0.2) is 5.96 Å². The van der Waals surface area contributed by atoms with Crippen LogP contribution in [0.2, 0.25) is 0 Å². The van der Waals surface area contributed by atoms with Gasteiger partial charge in [0.1, 0.15) is 6.10 Å². The molecule has 0 aromatic rings. The topological polar surface area (TPSA) is 60.4 Å². The first kappa shape index (κ1) is 20.4. The maximum absolute atomic E-state index is 12.5. The summed E-state index contributed by atoms with van der Waals surface area (Å²) in [5.41, 5.74) is 0. The van der Waals surface area contributed by atoms with Gasteiger partial charge in [0, 0.05) is 59.0 Å². The Balaban J connectivity index is 1.43. The standard InChI is InChI=1S/C20H37N5O2/c1-16(2)25-8-4-6-17(15-25)14-22-20(21-3)24-11-9-23(10-12-24)19(26)18-7-5-13-27-18/h16-18H,4-15H2,1-3H3,(H,21,22). The lowest BCUT2D eigenvalue weighted by atomic mass is 9.97. The molecule has 3 fully saturated rings. The molecule has 2 atom stereocenters. The van der Waals surface area contributed by atoms with Gasteiger partial charge in [-0.1, -0.05) is 0 Å². The normalized spacial score (nSPS) is 28.1. The van der Waals surface area contributed by atoms with Crippen molar-refractivity contribution in [3.05, 3.63) is 0 Å². The van der Waals surface area contributed by atoms with Crippen LogP contribution >= 0.6 is 0 Å². The van der Waals surface area contributed by atoms with Crippen molar-refractivity contribution in [2.75, 3.05) is 59.5 Å². The Kier molecular flexibility index (Phi) is 7.35. The van der Waals surface area contributed by atoms with Crippen molar-refractivity contribution in [1.82, 2.24) is 20.0 Å². The second-order valence-electron chi connectivity index (χ2n) is 8.34. The first-order valence-electron chi connectivity index (χ1n) is 10.7. The third-order valence-corrected chi connectivity index (χ3v) is 6.14. The molecule has 0 aromatic heterocycles. The van der Waals surface area contributed by atoms with Crippen molar-refractivity contribution in [1.29, 1.82) is 0 Å². The average Bonchev–Trinajstić information content (AvgIpc) is 3.23. The summed E-state index contributed by atoms with van der Waals surface area (Å²) in [7, 11) is 1.85. The van der Waals surface area contributed by atoms with Crippen molar-refractivity contribution in [3.63, 3.8) is 0 Å². The zero-order valence-corrected chi connectivity index (χ0v) is 17.3. The second kappa shape index (κ2) is 9.73. The number of hydrogen-bond donors (Lipinski definition) is 1. The third kappa shape index (κ3) is 5.35. The molecule has 1 N–H and O–H groups in total. The first-order chi connectivity index (χ1) is 13.1. The number of amides is 1. The average molecular weight is 380 g/mol. The zero-order valence-electron chi connectivity index (χ0n) is 17.3. The molecule has 0 aliphatic carbocycles. The number of guanidine groups is 1. The minimum atomic E-state index is -0.204. The van der Waals surface area contributed by atoms with Crippen molar-refractivity contribution in [2.24, 2.45) is 10.9 Å². The Morgan fingerprint density at radius 1 is 1.11 bits per heavy atom. The van der Waals surface area contributed by atoms with Crippen LogP contribution in [0.3, 0.4) is 0 Å². The molecule has 0 radical (unpaired) electrons. The zero-order chi connectivity index (χ0) is 19.2. The number of likely N-dealkylation sites (tertiary alicyclic amines) is 1. The van der Waals surface area contributed by atoms with E-state index in [0.717, 1.165) is 58.1 Å². The predicted octanol–water partition coefficient (Wildman–Crippen LogP) is 1.01. The molecule has 0 bridgehead atoms. The van der Waals surface area contributed by atoms with Gasteiger partial charge in [0.25, 0.3) is 5.91 Å². The van der Waals surface area contributed by atoms with E-state index in [2.05, 4.69) is 34.0 Å². The quantitative estimate of drug-likeness (QED) is 0.583. The summed E-state index contributed by atoms with van der Waals surface area (Å²) in [5.74, 6) is 1.83. The monoisotopic (exact) mass is 379 g/mol. The Bertz CT molecular complexity index is 511. The van der Waals surface area contributed by atoms with Crippen molar-refractivity contribution >= 4 is 11.9 Å². The van der Waals surface area contributed by atoms with E-state index in [4.69, 9.17) is 4.74 Å². The fourth-order valence-corrected chi connectivity index (χ4v) is 4.42. The van der Waals surface area contributed by atoms with Crippen LogP contribution < -0.4 is 5.32 Å². The van der Waals surface area contributed by atoms with Crippen LogP contribution in [0.15, 0.2) is 4.99 Å². The molecule has 0 saturated carbocycles. The SMILES string of the molecule is CN=C(NCC1CCCN(C(C)C)C1)N1CCN(C(=O)C2CCCO2)CC1. The lowest BCUT2D eigenvalue weighted by Gasteiger charge is -2.39. The summed E-state index contributed by atoms with van der Waals surface area (Å²) < 4.78 is 5.55. The third-order valence-electron chi connectivity index (χ3n) is 6.14. The van der Waals surface area contributed by atoms with Gasteiger partial charge in [-0.3, -0.25) is 9.79 Å². The van der Waals surface area contributed by atoms with Crippen LogP contribution in [-0.2, 0) is 9.53 Å². The maximum Gasteiger partial charge on any atom is 0.251 e. The summed E-state index contributed by atoms with van der Waals surface area (Å²) in [6.07, 6.45) is 4.24. The fourth-order valence-electron chi connectivity index (χ4n) is 4.42. The summed E-state index contributed by atoms with van der Waals surface area (Å²) in [4.78, 5) is 23.8. The lowest BCUT2D eigenvalue weighted by molar-refractivity contribution is -0.142. The van der Waals surface area contributed by atoms with Crippen LogP contribution in [0, 0.1) is 5.92 Å². The van der Waals surface area contributed by atoms with Crippen molar-refractivity contribution in [3.8, 4) is 0 Å². The maximum atomic E-state index is 12.5. The number of piperidine rings is 1. The van der Waals surface area contributed by atoms with E-state index in [1.807, 2.05) is 11.9 Å². The molecule has 1 amide bonds. The number of aliphatic imine (C=N–C) groups is 1. The predicted molar refractivity (Wildman–Crippen MR) is 108 cm³/mol. The van der Waals surface area contributed by atoms with Crippen LogP contribution in [-0.4, -0.2) is 98.2 Å². The minimum Gasteiger partial charge on any atom is -0.368 e. The highest BCUT2D eigenvalue weighted by molar-refractivity contribution is 5.82. The van der Waals surface area contributed by atoms with Gasteiger partial charge < -0.3 is 24.8 Å². The van der Waals surface area contributed by atoms with E-state index in [9.17, 15) is 4.79 Å². The van der Waals surface area contributed by atoms with Crippen LogP contribution in [0.25, 0.3) is 0 Å². The molecule has 3 saturated heterocycles. The number of ether oxygens (including phenoxy) is 1. The van der Waals surface area contributed by atoms with E-state index < -0.39 is 0 Å². The Morgan fingerprint density at radius 2 is 1.85 bits per heavy atom. The number of rotatable bonds is 4. The largest absolute Gasteiger partial charge is 0.368 e. The van der Waals surface area contributed by atoms with Crippen molar-refractivity contribution < 1.29 is 9.53 Å². The molecule has 3 rings (SSSR count). The number of piperazine rings is 1. The summed E-state index contributed by atoms with van der Waals surface area (Å²) >= 11 is 0. The first-order valence-corrected chi connectivity index (χ1v) is 10.7. The molecule has 3 aliphatic rings. The molecule has 154 valence electrons. The summed E-state index contributed by atoms with van der Waals surface area (Å²) in [6, 6.07) is 0.626. The number of carbonyl (C=O) groups excluding carboxylic acids is 1. The minimum absolute atomic E-state index is 0.172. The van der Waals surface area contributed by atoms with Crippen LogP contribution in [0.5, 0.6) is 0 Å². The number of nitrogens with zero attached hydrogens (tertiary/aromatic N) is 4. The van der Waals surface area contributed by atoms with Gasteiger partial charge in [-0.25, -0.2) is 0 Å². The summed E-state index contributed by atoms with van der Waals surface area (Å²) in [6.45, 7) is 11.8.